The highest BCUT2D eigenvalue weighted by Gasteiger charge is 2.51. The van der Waals surface area contributed by atoms with E-state index in [0.29, 0.717) is 13.1 Å². The van der Waals surface area contributed by atoms with Crippen LogP contribution in [-0.4, -0.2) is 35.9 Å². The van der Waals surface area contributed by atoms with Crippen molar-refractivity contribution in [2.24, 2.45) is 0 Å². The molecule has 1 fully saturated rings. The molecule has 3 rings (SSSR count). The lowest BCUT2D eigenvalue weighted by Crippen LogP contribution is -2.58. The van der Waals surface area contributed by atoms with E-state index in [2.05, 4.69) is 4.90 Å². The number of halogens is 3. The van der Waals surface area contributed by atoms with Gasteiger partial charge in [-0.2, -0.15) is 13.2 Å². The summed E-state index contributed by atoms with van der Waals surface area (Å²) >= 11 is 0. The van der Waals surface area contributed by atoms with Crippen molar-refractivity contribution in [3.63, 3.8) is 0 Å². The van der Waals surface area contributed by atoms with E-state index >= 15 is 0 Å². The average molecular weight is 349 g/mol. The summed E-state index contributed by atoms with van der Waals surface area (Å²) in [7, 11) is 0. The Morgan fingerprint density at radius 1 is 0.880 bits per heavy atom. The van der Waals surface area contributed by atoms with Gasteiger partial charge in [-0.25, -0.2) is 0 Å². The summed E-state index contributed by atoms with van der Waals surface area (Å²) in [4.78, 5) is 2.15. The smallest absolute Gasteiger partial charge is 0.360 e. The molecular formula is C20H22F3NO. The second-order valence-electron chi connectivity index (χ2n) is 6.93. The van der Waals surface area contributed by atoms with Crippen LogP contribution in [0.4, 0.5) is 13.2 Å². The third-order valence-electron chi connectivity index (χ3n) is 4.62. The highest BCUT2D eigenvalue weighted by atomic mass is 19.4. The molecule has 2 nitrogen and oxygen atoms in total. The molecule has 25 heavy (non-hydrogen) atoms. The summed E-state index contributed by atoms with van der Waals surface area (Å²) in [6, 6.07) is 20.0. The van der Waals surface area contributed by atoms with E-state index in [0.717, 1.165) is 25.0 Å². The number of alkyl halides is 3. The van der Waals surface area contributed by atoms with Gasteiger partial charge in [-0.15, -0.1) is 0 Å². The minimum Gasteiger partial charge on any atom is -0.360 e. The summed E-state index contributed by atoms with van der Waals surface area (Å²) in [5, 5.41) is 0. The fourth-order valence-corrected chi connectivity index (χ4v) is 3.12. The van der Waals surface area contributed by atoms with Crippen LogP contribution in [0.25, 0.3) is 0 Å². The molecule has 0 N–H and O–H groups in total. The maximum Gasteiger partial charge on any atom is 0.416 e. The molecule has 0 aromatic heterocycles. The quantitative estimate of drug-likeness (QED) is 0.767. The molecule has 134 valence electrons. The Labute approximate surface area is 146 Å². The largest absolute Gasteiger partial charge is 0.416 e. The number of rotatable bonds is 5. The van der Waals surface area contributed by atoms with Crippen molar-refractivity contribution in [2.75, 3.05) is 13.1 Å². The topological polar surface area (TPSA) is 12.5 Å². The lowest BCUT2D eigenvalue weighted by molar-refractivity contribution is -0.289. The molecule has 1 aliphatic rings. The van der Waals surface area contributed by atoms with Crippen molar-refractivity contribution in [3.05, 3.63) is 71.8 Å². The van der Waals surface area contributed by atoms with Crippen molar-refractivity contribution in [3.8, 4) is 0 Å². The predicted molar refractivity (Wildman–Crippen MR) is 91.3 cm³/mol. The molecule has 2 aromatic rings. The first kappa shape index (κ1) is 18.0. The molecule has 2 aromatic carbocycles. The van der Waals surface area contributed by atoms with Crippen LogP contribution in [0.1, 0.15) is 31.0 Å². The molecule has 5 heteroatoms. The van der Waals surface area contributed by atoms with Crippen LogP contribution >= 0.6 is 0 Å². The Morgan fingerprint density at radius 2 is 1.32 bits per heavy atom. The van der Waals surface area contributed by atoms with Gasteiger partial charge in [0.25, 0.3) is 0 Å². The Kier molecular flexibility index (Phi) is 4.89. The van der Waals surface area contributed by atoms with Crippen LogP contribution < -0.4 is 0 Å². The zero-order valence-corrected chi connectivity index (χ0v) is 14.3. The zero-order chi connectivity index (χ0) is 18.1. The Hall–Kier alpha value is -1.85. The minimum atomic E-state index is -4.37. The van der Waals surface area contributed by atoms with E-state index in [1.165, 1.54) is 0 Å². The lowest BCUT2D eigenvalue weighted by Gasteiger charge is -2.47. The highest BCUT2D eigenvalue weighted by molar-refractivity contribution is 5.32. The van der Waals surface area contributed by atoms with Gasteiger partial charge in [-0.1, -0.05) is 60.7 Å². The SMILES string of the molecule is CC(C)(OC1CN(C(c2ccccc2)c2ccccc2)C1)C(F)(F)F. The molecule has 1 heterocycles. The first-order valence-electron chi connectivity index (χ1n) is 8.36. The van der Waals surface area contributed by atoms with E-state index in [-0.39, 0.29) is 6.04 Å². The first-order valence-corrected chi connectivity index (χ1v) is 8.36. The Balaban J connectivity index is 1.73. The van der Waals surface area contributed by atoms with Gasteiger partial charge in [0, 0.05) is 13.1 Å². The fraction of sp³-hybridized carbons (Fsp3) is 0.400. The van der Waals surface area contributed by atoms with Gasteiger partial charge in [-0.05, 0) is 25.0 Å². The number of likely N-dealkylation sites (tertiary alicyclic amines) is 1. The molecule has 1 aliphatic heterocycles. The first-order chi connectivity index (χ1) is 11.8. The van der Waals surface area contributed by atoms with Gasteiger partial charge < -0.3 is 4.74 Å². The van der Waals surface area contributed by atoms with E-state index in [1.807, 2.05) is 60.7 Å². The van der Waals surface area contributed by atoms with Crippen LogP contribution in [-0.2, 0) is 4.74 Å². The van der Waals surface area contributed by atoms with Crippen LogP contribution in [0, 0.1) is 0 Å². The second kappa shape index (κ2) is 6.81. The zero-order valence-electron chi connectivity index (χ0n) is 14.3. The maximum absolute atomic E-state index is 13.0. The molecule has 0 spiro atoms. The van der Waals surface area contributed by atoms with E-state index in [4.69, 9.17) is 4.74 Å². The predicted octanol–water partition coefficient (Wildman–Crippen LogP) is 4.82. The molecule has 0 atom stereocenters. The molecule has 1 saturated heterocycles. The fourth-order valence-electron chi connectivity index (χ4n) is 3.12. The lowest BCUT2D eigenvalue weighted by atomic mass is 9.93. The Morgan fingerprint density at radius 3 is 1.72 bits per heavy atom. The second-order valence-corrected chi connectivity index (χ2v) is 6.93. The number of ether oxygens (including phenoxy) is 1. The Bertz CT molecular complexity index is 640. The van der Waals surface area contributed by atoms with E-state index in [9.17, 15) is 13.2 Å². The van der Waals surface area contributed by atoms with Crippen molar-refractivity contribution < 1.29 is 17.9 Å². The minimum absolute atomic E-state index is 0.0243. The number of benzene rings is 2. The van der Waals surface area contributed by atoms with Gasteiger partial charge in [0.2, 0.25) is 0 Å². The van der Waals surface area contributed by atoms with Crippen molar-refractivity contribution in [1.82, 2.24) is 4.90 Å². The third kappa shape index (κ3) is 3.88. The third-order valence-corrected chi connectivity index (χ3v) is 4.62. The van der Waals surface area contributed by atoms with Crippen LogP contribution in [0.5, 0.6) is 0 Å². The molecule has 0 aliphatic carbocycles. The van der Waals surface area contributed by atoms with E-state index < -0.39 is 17.9 Å². The monoisotopic (exact) mass is 349 g/mol. The molecule has 0 amide bonds. The average Bonchev–Trinajstić information content (AvgIpc) is 2.53. The standard InChI is InChI=1S/C20H22F3NO/c1-19(2,20(21,22)23)25-17-13-24(14-17)18(15-9-5-3-6-10-15)16-11-7-4-8-12-16/h3-12,17-18H,13-14H2,1-2H3. The van der Waals surface area contributed by atoms with Crippen LogP contribution in [0.3, 0.4) is 0 Å². The van der Waals surface area contributed by atoms with Gasteiger partial charge >= 0.3 is 6.18 Å². The van der Waals surface area contributed by atoms with Crippen LogP contribution in [0.15, 0.2) is 60.7 Å². The maximum atomic E-state index is 13.0. The molecule has 0 saturated carbocycles. The van der Waals surface area contributed by atoms with Crippen molar-refractivity contribution in [2.45, 2.75) is 37.8 Å². The van der Waals surface area contributed by atoms with Crippen molar-refractivity contribution >= 4 is 0 Å². The van der Waals surface area contributed by atoms with Gasteiger partial charge in [0.05, 0.1) is 12.1 Å². The number of nitrogens with zero attached hydrogens (tertiary/aromatic N) is 1. The molecule has 0 unspecified atom stereocenters. The number of hydrogen-bond acceptors (Lipinski definition) is 2. The molecule has 0 bridgehead atoms. The van der Waals surface area contributed by atoms with Gasteiger partial charge in [-0.3, -0.25) is 4.90 Å². The summed E-state index contributed by atoms with van der Waals surface area (Å²) < 4.78 is 44.3. The summed E-state index contributed by atoms with van der Waals surface area (Å²) in [6.45, 7) is 3.13. The summed E-state index contributed by atoms with van der Waals surface area (Å²) in [6.07, 6.45) is -4.78. The van der Waals surface area contributed by atoms with Gasteiger partial charge in [0.15, 0.2) is 5.60 Å². The van der Waals surface area contributed by atoms with Crippen LogP contribution in [0.2, 0.25) is 0 Å². The number of hydrogen-bond donors (Lipinski definition) is 0. The highest BCUT2D eigenvalue weighted by Crippen LogP contribution is 2.38. The summed E-state index contributed by atoms with van der Waals surface area (Å²) in [5.74, 6) is 0. The molecule has 0 radical (unpaired) electrons. The van der Waals surface area contributed by atoms with E-state index in [1.54, 1.807) is 0 Å². The van der Waals surface area contributed by atoms with Gasteiger partial charge in [0.1, 0.15) is 0 Å². The summed E-state index contributed by atoms with van der Waals surface area (Å²) in [5.41, 5.74) is 0.128. The molecular weight excluding hydrogens is 327 g/mol. The van der Waals surface area contributed by atoms with Crippen molar-refractivity contribution in [1.29, 1.82) is 0 Å². The normalized spacial score (nSPS) is 16.9.